The Kier molecular flexibility index (Phi) is 10.4. The number of phenols is 1. The number of carboxylic acid groups (broad SMARTS) is 1. The Bertz CT molecular complexity index is 1030. The van der Waals surface area contributed by atoms with E-state index in [0.717, 1.165) is 0 Å². The van der Waals surface area contributed by atoms with Crippen molar-refractivity contribution in [1.29, 1.82) is 0 Å². The van der Waals surface area contributed by atoms with Crippen LogP contribution in [0.4, 0.5) is 0 Å². The SMILES string of the molecule is CC(C)C(NC(=O)C(Cc1cnc[nH]1)NC(=O)C(N)CO)C(=O)NC(Cc1ccc(O)cc1)C(=O)O. The number of hydrogen-bond donors (Lipinski definition) is 8. The highest BCUT2D eigenvalue weighted by Gasteiger charge is 2.32. The number of carbonyl (C=O) groups is 4. The number of aromatic hydroxyl groups is 1. The molecule has 0 spiro atoms. The summed E-state index contributed by atoms with van der Waals surface area (Å²) in [6.45, 7) is 2.72. The molecule has 0 saturated heterocycles. The van der Waals surface area contributed by atoms with E-state index < -0.39 is 60.4 Å². The van der Waals surface area contributed by atoms with Gasteiger partial charge in [0.25, 0.3) is 0 Å². The Balaban J connectivity index is 2.15. The van der Waals surface area contributed by atoms with E-state index in [0.29, 0.717) is 11.3 Å². The molecule has 4 unspecified atom stereocenters. The normalized spacial score (nSPS) is 14.4. The van der Waals surface area contributed by atoms with Crippen molar-refractivity contribution in [2.75, 3.05) is 6.61 Å². The van der Waals surface area contributed by atoms with E-state index in [2.05, 4.69) is 25.9 Å². The Morgan fingerprint density at radius 2 is 1.61 bits per heavy atom. The van der Waals surface area contributed by atoms with E-state index in [1.807, 2.05) is 0 Å². The molecule has 13 heteroatoms. The number of phenolic OH excluding ortho intramolecular Hbond substituents is 1. The van der Waals surface area contributed by atoms with Crippen LogP contribution in [-0.2, 0) is 32.0 Å². The van der Waals surface area contributed by atoms with E-state index in [-0.39, 0.29) is 18.6 Å². The summed E-state index contributed by atoms with van der Waals surface area (Å²) in [5.74, 6) is -3.87. The van der Waals surface area contributed by atoms with Gasteiger partial charge in [-0.15, -0.1) is 0 Å². The minimum atomic E-state index is -1.29. The molecule has 1 heterocycles. The average molecular weight is 505 g/mol. The molecule has 0 aliphatic carbocycles. The predicted octanol–water partition coefficient (Wildman–Crippen LogP) is -1.58. The number of aliphatic hydroxyl groups excluding tert-OH is 1. The van der Waals surface area contributed by atoms with Crippen molar-refractivity contribution in [3.8, 4) is 5.75 Å². The number of benzene rings is 1. The van der Waals surface area contributed by atoms with Gasteiger partial charge >= 0.3 is 5.97 Å². The lowest BCUT2D eigenvalue weighted by atomic mass is 10.0. The van der Waals surface area contributed by atoms with Crippen LogP contribution in [0.3, 0.4) is 0 Å². The molecule has 4 atom stereocenters. The summed E-state index contributed by atoms with van der Waals surface area (Å²) in [4.78, 5) is 56.8. The first kappa shape index (κ1) is 28.3. The van der Waals surface area contributed by atoms with Crippen molar-refractivity contribution in [3.05, 3.63) is 48.0 Å². The Morgan fingerprint density at radius 3 is 2.14 bits per heavy atom. The van der Waals surface area contributed by atoms with Crippen LogP contribution in [0.5, 0.6) is 5.75 Å². The van der Waals surface area contributed by atoms with Crippen molar-refractivity contribution in [3.63, 3.8) is 0 Å². The van der Waals surface area contributed by atoms with Crippen molar-refractivity contribution in [2.24, 2.45) is 11.7 Å². The molecule has 0 bridgehead atoms. The molecule has 2 rings (SSSR count). The van der Waals surface area contributed by atoms with E-state index in [4.69, 9.17) is 10.8 Å². The number of amides is 3. The number of aliphatic carboxylic acids is 1. The van der Waals surface area contributed by atoms with Crippen LogP contribution in [0.2, 0.25) is 0 Å². The largest absolute Gasteiger partial charge is 0.508 e. The molecule has 0 aliphatic heterocycles. The summed E-state index contributed by atoms with van der Waals surface area (Å²) in [7, 11) is 0. The zero-order valence-electron chi connectivity index (χ0n) is 20.0. The summed E-state index contributed by atoms with van der Waals surface area (Å²) in [5, 5.41) is 35.6. The van der Waals surface area contributed by atoms with E-state index in [9.17, 15) is 29.4 Å². The summed E-state index contributed by atoms with van der Waals surface area (Å²) >= 11 is 0. The molecule has 3 amide bonds. The number of nitrogens with two attached hydrogens (primary N) is 1. The molecule has 9 N–H and O–H groups in total. The van der Waals surface area contributed by atoms with Gasteiger partial charge in [0, 0.05) is 24.7 Å². The summed E-state index contributed by atoms with van der Waals surface area (Å²) in [6, 6.07) is 1.08. The van der Waals surface area contributed by atoms with Gasteiger partial charge in [-0.2, -0.15) is 0 Å². The second kappa shape index (κ2) is 13.2. The third-order valence-corrected chi connectivity index (χ3v) is 5.38. The van der Waals surface area contributed by atoms with Gasteiger partial charge in [0.2, 0.25) is 17.7 Å². The summed E-state index contributed by atoms with van der Waals surface area (Å²) in [6.07, 6.45) is 2.82. The van der Waals surface area contributed by atoms with Gasteiger partial charge in [0.1, 0.15) is 29.9 Å². The van der Waals surface area contributed by atoms with Crippen LogP contribution in [0.25, 0.3) is 0 Å². The zero-order chi connectivity index (χ0) is 26.8. The number of aromatic nitrogens is 2. The number of H-pyrrole nitrogens is 1. The van der Waals surface area contributed by atoms with E-state index in [1.54, 1.807) is 26.0 Å². The number of imidazole rings is 1. The summed E-state index contributed by atoms with van der Waals surface area (Å²) < 4.78 is 0. The van der Waals surface area contributed by atoms with Crippen LogP contribution < -0.4 is 21.7 Å². The fraction of sp³-hybridized carbons (Fsp3) is 0.435. The number of rotatable bonds is 13. The van der Waals surface area contributed by atoms with Gasteiger partial charge in [-0.25, -0.2) is 9.78 Å². The predicted molar refractivity (Wildman–Crippen MR) is 127 cm³/mol. The third-order valence-electron chi connectivity index (χ3n) is 5.38. The van der Waals surface area contributed by atoms with Crippen molar-refractivity contribution in [1.82, 2.24) is 25.9 Å². The first-order chi connectivity index (χ1) is 17.0. The molecule has 0 saturated carbocycles. The molecule has 0 aliphatic rings. The minimum absolute atomic E-state index is 0.000754. The van der Waals surface area contributed by atoms with E-state index >= 15 is 0 Å². The Morgan fingerprint density at radius 1 is 0.972 bits per heavy atom. The molecule has 36 heavy (non-hydrogen) atoms. The number of nitrogens with one attached hydrogen (secondary N) is 4. The fourth-order valence-corrected chi connectivity index (χ4v) is 3.31. The molecule has 1 aromatic heterocycles. The molecule has 0 radical (unpaired) electrons. The summed E-state index contributed by atoms with van der Waals surface area (Å²) in [5.41, 5.74) is 6.65. The van der Waals surface area contributed by atoms with Crippen molar-refractivity contribution in [2.45, 2.75) is 50.9 Å². The number of carbonyl (C=O) groups excluding carboxylic acids is 3. The Hall–Kier alpha value is -3.97. The highest BCUT2D eigenvalue weighted by Crippen LogP contribution is 2.12. The lowest BCUT2D eigenvalue weighted by molar-refractivity contribution is -0.142. The van der Waals surface area contributed by atoms with Gasteiger partial charge < -0.3 is 42.0 Å². The molecule has 196 valence electrons. The van der Waals surface area contributed by atoms with Crippen LogP contribution in [0.15, 0.2) is 36.8 Å². The topological polar surface area (TPSA) is 220 Å². The van der Waals surface area contributed by atoms with Gasteiger partial charge in [0.15, 0.2) is 0 Å². The second-order valence-electron chi connectivity index (χ2n) is 8.63. The van der Waals surface area contributed by atoms with Gasteiger partial charge in [0.05, 0.1) is 12.9 Å². The monoisotopic (exact) mass is 504 g/mol. The van der Waals surface area contributed by atoms with Crippen molar-refractivity contribution >= 4 is 23.7 Å². The Labute approximate surface area is 207 Å². The highest BCUT2D eigenvalue weighted by atomic mass is 16.4. The van der Waals surface area contributed by atoms with Gasteiger partial charge in [-0.05, 0) is 23.6 Å². The lowest BCUT2D eigenvalue weighted by Gasteiger charge is -2.27. The number of aromatic amines is 1. The first-order valence-electron chi connectivity index (χ1n) is 11.3. The van der Waals surface area contributed by atoms with Crippen LogP contribution >= 0.6 is 0 Å². The van der Waals surface area contributed by atoms with Crippen LogP contribution in [-0.4, -0.2) is 79.8 Å². The zero-order valence-corrected chi connectivity index (χ0v) is 20.0. The number of carboxylic acids is 1. The highest BCUT2D eigenvalue weighted by molar-refractivity contribution is 5.94. The molecule has 2 aromatic rings. The smallest absolute Gasteiger partial charge is 0.326 e. The lowest BCUT2D eigenvalue weighted by Crippen LogP contribution is -2.59. The number of aliphatic hydroxyl groups is 1. The molecular formula is C23H32N6O7. The number of hydrogen-bond acceptors (Lipinski definition) is 8. The second-order valence-corrected chi connectivity index (χ2v) is 8.63. The molecular weight excluding hydrogens is 472 g/mol. The average Bonchev–Trinajstić information content (AvgIpc) is 3.35. The quantitative estimate of drug-likeness (QED) is 0.157. The first-order valence-corrected chi connectivity index (χ1v) is 11.3. The standard InChI is InChI=1S/C23H32N6O7/c1-12(2)19(22(34)28-18(23(35)36)7-13-3-5-15(31)6-4-13)29-21(33)17(8-14-9-25-11-26-14)27-20(32)16(24)10-30/h3-6,9,11-12,16-19,30-31H,7-8,10,24H2,1-2H3,(H,25,26)(H,27,32)(H,28,34)(H,29,33)(H,35,36). The molecule has 13 nitrogen and oxygen atoms in total. The third kappa shape index (κ3) is 8.36. The maximum absolute atomic E-state index is 13.1. The van der Waals surface area contributed by atoms with Gasteiger partial charge in [-0.3, -0.25) is 14.4 Å². The molecule has 1 aromatic carbocycles. The van der Waals surface area contributed by atoms with Crippen molar-refractivity contribution < 1.29 is 34.5 Å². The number of nitrogens with zero attached hydrogens (tertiary/aromatic N) is 1. The minimum Gasteiger partial charge on any atom is -0.508 e. The van der Waals surface area contributed by atoms with Gasteiger partial charge in [-0.1, -0.05) is 26.0 Å². The fourth-order valence-electron chi connectivity index (χ4n) is 3.31. The van der Waals surface area contributed by atoms with Crippen LogP contribution in [0, 0.1) is 5.92 Å². The maximum Gasteiger partial charge on any atom is 0.326 e. The maximum atomic E-state index is 13.1. The molecule has 0 fully saturated rings. The van der Waals surface area contributed by atoms with E-state index in [1.165, 1.54) is 24.7 Å². The van der Waals surface area contributed by atoms with Crippen LogP contribution in [0.1, 0.15) is 25.1 Å².